The van der Waals surface area contributed by atoms with Gasteiger partial charge in [-0.25, -0.2) is 0 Å². The summed E-state index contributed by atoms with van der Waals surface area (Å²) in [6.07, 6.45) is 1.92. The number of nitrogens with two attached hydrogens (primary N) is 1. The Morgan fingerprint density at radius 1 is 1.42 bits per heavy atom. The Bertz CT molecular complexity index is 408. The molecule has 0 aromatic heterocycles. The third kappa shape index (κ3) is 6.10. The molecular weight excluding hydrogens is 244 g/mol. The van der Waals surface area contributed by atoms with Crippen LogP contribution in [0, 0.1) is 0 Å². The molecule has 1 aromatic rings. The molecule has 0 fully saturated rings. The molecule has 19 heavy (non-hydrogen) atoms. The summed E-state index contributed by atoms with van der Waals surface area (Å²) in [7, 11) is 0. The van der Waals surface area contributed by atoms with Gasteiger partial charge in [-0.3, -0.25) is 4.79 Å². The molecule has 0 heterocycles. The average Bonchev–Trinajstić information content (AvgIpc) is 2.37. The van der Waals surface area contributed by atoms with Crippen LogP contribution in [0.2, 0.25) is 0 Å². The van der Waals surface area contributed by atoms with Gasteiger partial charge < -0.3 is 20.9 Å². The van der Waals surface area contributed by atoms with E-state index in [9.17, 15) is 4.79 Å². The zero-order valence-corrected chi connectivity index (χ0v) is 11.3. The van der Waals surface area contributed by atoms with Crippen molar-refractivity contribution in [2.24, 2.45) is 0 Å². The van der Waals surface area contributed by atoms with Crippen LogP contribution in [0.3, 0.4) is 0 Å². The summed E-state index contributed by atoms with van der Waals surface area (Å²) >= 11 is 0. The van der Waals surface area contributed by atoms with Crippen molar-refractivity contribution in [3.05, 3.63) is 23.8 Å². The van der Waals surface area contributed by atoms with Gasteiger partial charge in [0.15, 0.2) is 0 Å². The van der Waals surface area contributed by atoms with E-state index >= 15 is 0 Å². The van der Waals surface area contributed by atoms with E-state index in [1.165, 1.54) is 0 Å². The number of carboxylic acids is 1. The number of carboxylic acid groups (broad SMARTS) is 1. The lowest BCUT2D eigenvalue weighted by molar-refractivity contribution is -0.136. The fourth-order valence-corrected chi connectivity index (χ4v) is 1.65. The highest BCUT2D eigenvalue weighted by molar-refractivity contribution is 5.66. The van der Waals surface area contributed by atoms with Crippen molar-refractivity contribution in [2.75, 3.05) is 25.4 Å². The molecule has 0 aliphatic heterocycles. The number of anilines is 1. The largest absolute Gasteiger partial charge is 0.491 e. The maximum atomic E-state index is 10.3. The normalized spacial score (nSPS) is 10.4. The van der Waals surface area contributed by atoms with Gasteiger partial charge in [0, 0.05) is 6.54 Å². The third-order valence-electron chi connectivity index (χ3n) is 2.64. The molecule has 0 aliphatic rings. The number of ether oxygens (including phenoxy) is 1. The average molecular weight is 266 g/mol. The van der Waals surface area contributed by atoms with Crippen LogP contribution in [-0.4, -0.2) is 30.8 Å². The van der Waals surface area contributed by atoms with Gasteiger partial charge in [-0.1, -0.05) is 13.0 Å². The minimum atomic E-state index is -0.783. The molecule has 0 bridgehead atoms. The molecule has 0 radical (unpaired) electrons. The van der Waals surface area contributed by atoms with E-state index in [1.807, 2.05) is 25.1 Å². The zero-order chi connectivity index (χ0) is 14.1. The Morgan fingerprint density at radius 3 is 2.84 bits per heavy atom. The van der Waals surface area contributed by atoms with Crippen LogP contribution in [0.4, 0.5) is 5.69 Å². The van der Waals surface area contributed by atoms with Crippen LogP contribution in [-0.2, 0) is 11.2 Å². The molecule has 1 aromatic carbocycles. The predicted molar refractivity (Wildman–Crippen MR) is 75.5 cm³/mol. The van der Waals surface area contributed by atoms with Gasteiger partial charge in [0.2, 0.25) is 0 Å². The summed E-state index contributed by atoms with van der Waals surface area (Å²) in [6, 6.07) is 5.78. The topological polar surface area (TPSA) is 84.6 Å². The van der Waals surface area contributed by atoms with E-state index in [2.05, 4.69) is 5.32 Å². The first-order valence-electron chi connectivity index (χ1n) is 6.57. The van der Waals surface area contributed by atoms with Crippen molar-refractivity contribution in [3.8, 4) is 5.75 Å². The second-order valence-electron chi connectivity index (χ2n) is 4.36. The molecule has 0 atom stereocenters. The van der Waals surface area contributed by atoms with E-state index in [0.29, 0.717) is 18.8 Å². The van der Waals surface area contributed by atoms with E-state index in [4.69, 9.17) is 15.6 Å². The highest BCUT2D eigenvalue weighted by Gasteiger charge is 2.02. The van der Waals surface area contributed by atoms with Gasteiger partial charge in [0.1, 0.15) is 5.75 Å². The maximum absolute atomic E-state index is 10.3. The number of hydrogen-bond donors (Lipinski definition) is 3. The van der Waals surface area contributed by atoms with Crippen LogP contribution in [0.1, 0.15) is 25.3 Å². The number of nitrogen functional groups attached to an aromatic ring is 1. The molecule has 106 valence electrons. The predicted octanol–water partition coefficient (Wildman–Crippen LogP) is 1.66. The third-order valence-corrected chi connectivity index (χ3v) is 2.64. The second kappa shape index (κ2) is 8.37. The molecular formula is C14H22N2O3. The van der Waals surface area contributed by atoms with Crippen molar-refractivity contribution in [2.45, 2.75) is 26.2 Å². The molecule has 0 unspecified atom stereocenters. The molecule has 0 saturated carbocycles. The monoisotopic (exact) mass is 266 g/mol. The summed E-state index contributed by atoms with van der Waals surface area (Å²) in [5, 5.41) is 11.6. The van der Waals surface area contributed by atoms with Crippen molar-refractivity contribution >= 4 is 11.7 Å². The fraction of sp³-hybridized carbons (Fsp3) is 0.500. The quantitative estimate of drug-likeness (QED) is 0.467. The van der Waals surface area contributed by atoms with Crippen LogP contribution in [0.5, 0.6) is 5.75 Å². The Balaban J connectivity index is 2.34. The zero-order valence-electron chi connectivity index (χ0n) is 11.3. The van der Waals surface area contributed by atoms with Gasteiger partial charge >= 0.3 is 5.97 Å². The SMILES string of the molecule is CCCOc1ccc(CCNCCC(=O)O)cc1N. The van der Waals surface area contributed by atoms with Crippen molar-refractivity contribution < 1.29 is 14.6 Å². The number of benzene rings is 1. The van der Waals surface area contributed by atoms with E-state index in [-0.39, 0.29) is 6.42 Å². The van der Waals surface area contributed by atoms with Crippen LogP contribution < -0.4 is 15.8 Å². The van der Waals surface area contributed by atoms with Crippen molar-refractivity contribution in [3.63, 3.8) is 0 Å². The Labute approximate surface area is 113 Å². The number of aliphatic carboxylic acids is 1. The lowest BCUT2D eigenvalue weighted by Gasteiger charge is -2.10. The molecule has 0 saturated heterocycles. The fourth-order valence-electron chi connectivity index (χ4n) is 1.65. The molecule has 0 aliphatic carbocycles. The van der Waals surface area contributed by atoms with Gasteiger partial charge in [-0.2, -0.15) is 0 Å². The van der Waals surface area contributed by atoms with E-state index in [1.54, 1.807) is 0 Å². The summed E-state index contributed by atoms with van der Waals surface area (Å²) < 4.78 is 5.50. The summed E-state index contributed by atoms with van der Waals surface area (Å²) in [6.45, 7) is 3.94. The summed E-state index contributed by atoms with van der Waals surface area (Å²) in [5.74, 6) is -0.0568. The first-order valence-corrected chi connectivity index (χ1v) is 6.57. The van der Waals surface area contributed by atoms with Crippen LogP contribution >= 0.6 is 0 Å². The highest BCUT2D eigenvalue weighted by atomic mass is 16.5. The lowest BCUT2D eigenvalue weighted by atomic mass is 10.1. The van der Waals surface area contributed by atoms with E-state index < -0.39 is 5.97 Å². The second-order valence-corrected chi connectivity index (χ2v) is 4.36. The first-order chi connectivity index (χ1) is 9.13. The van der Waals surface area contributed by atoms with Gasteiger partial charge in [0.25, 0.3) is 0 Å². The molecule has 4 N–H and O–H groups in total. The number of rotatable bonds is 9. The van der Waals surface area contributed by atoms with Crippen molar-refractivity contribution in [1.82, 2.24) is 5.32 Å². The molecule has 0 spiro atoms. The van der Waals surface area contributed by atoms with Crippen molar-refractivity contribution in [1.29, 1.82) is 0 Å². The Kier molecular flexibility index (Phi) is 6.74. The standard InChI is InChI=1S/C14H22N2O3/c1-2-9-19-13-4-3-11(10-12(13)15)5-7-16-8-6-14(17)18/h3-4,10,16H,2,5-9,15H2,1H3,(H,17,18). The highest BCUT2D eigenvalue weighted by Crippen LogP contribution is 2.22. The number of carbonyl (C=O) groups is 1. The van der Waals surface area contributed by atoms with E-state index in [0.717, 1.165) is 30.7 Å². The summed E-state index contributed by atoms with van der Waals surface area (Å²) in [4.78, 5) is 10.3. The number of nitrogens with one attached hydrogen (secondary N) is 1. The lowest BCUT2D eigenvalue weighted by Crippen LogP contribution is -2.20. The molecule has 5 heteroatoms. The van der Waals surface area contributed by atoms with Crippen LogP contribution in [0.25, 0.3) is 0 Å². The number of hydrogen-bond acceptors (Lipinski definition) is 4. The Hall–Kier alpha value is -1.75. The van der Waals surface area contributed by atoms with Gasteiger partial charge in [-0.15, -0.1) is 0 Å². The molecule has 5 nitrogen and oxygen atoms in total. The first kappa shape index (κ1) is 15.3. The molecule has 1 rings (SSSR count). The smallest absolute Gasteiger partial charge is 0.304 e. The van der Waals surface area contributed by atoms with Gasteiger partial charge in [0.05, 0.1) is 18.7 Å². The maximum Gasteiger partial charge on any atom is 0.304 e. The van der Waals surface area contributed by atoms with Crippen LogP contribution in [0.15, 0.2) is 18.2 Å². The summed E-state index contributed by atoms with van der Waals surface area (Å²) in [5.41, 5.74) is 7.67. The molecule has 0 amide bonds. The Morgan fingerprint density at radius 2 is 2.21 bits per heavy atom. The minimum absolute atomic E-state index is 0.145. The van der Waals surface area contributed by atoms with Gasteiger partial charge in [-0.05, 0) is 37.1 Å². The minimum Gasteiger partial charge on any atom is -0.491 e.